The predicted molar refractivity (Wildman–Crippen MR) is 99.0 cm³/mol. The number of carbonyl (C=O) groups is 3. The third-order valence-electron chi connectivity index (χ3n) is 4.04. The summed E-state index contributed by atoms with van der Waals surface area (Å²) in [5.41, 5.74) is 5.58. The number of amides is 3. The Morgan fingerprint density at radius 1 is 1.04 bits per heavy atom. The van der Waals surface area contributed by atoms with Crippen LogP contribution in [0.4, 0.5) is 5.69 Å². The van der Waals surface area contributed by atoms with Crippen molar-refractivity contribution < 1.29 is 14.4 Å². The van der Waals surface area contributed by atoms with Crippen molar-refractivity contribution in [1.29, 1.82) is 0 Å². The second-order valence-electron chi connectivity index (χ2n) is 5.81. The molecule has 1 aliphatic rings. The van der Waals surface area contributed by atoms with Crippen LogP contribution in [0.25, 0.3) is 0 Å². The van der Waals surface area contributed by atoms with Gasteiger partial charge in [-0.1, -0.05) is 41.4 Å². The third kappa shape index (κ3) is 3.98. The largest absolute Gasteiger partial charge is 0.312 e. The molecule has 0 radical (unpaired) electrons. The van der Waals surface area contributed by atoms with E-state index >= 15 is 0 Å². The van der Waals surface area contributed by atoms with E-state index in [4.69, 9.17) is 23.2 Å². The summed E-state index contributed by atoms with van der Waals surface area (Å²) >= 11 is 11.8. The van der Waals surface area contributed by atoms with Gasteiger partial charge in [0.05, 0.1) is 16.5 Å². The molecule has 1 atom stereocenters. The van der Waals surface area contributed by atoms with Crippen LogP contribution >= 0.6 is 23.2 Å². The minimum absolute atomic E-state index is 0.0816. The lowest BCUT2D eigenvalue weighted by molar-refractivity contribution is -0.126. The number of hydrogen-bond acceptors (Lipinski definition) is 3. The van der Waals surface area contributed by atoms with Crippen molar-refractivity contribution >= 4 is 46.6 Å². The van der Waals surface area contributed by atoms with Gasteiger partial charge in [-0.3, -0.25) is 25.2 Å². The van der Waals surface area contributed by atoms with Gasteiger partial charge < -0.3 is 4.90 Å². The predicted octanol–water partition coefficient (Wildman–Crippen LogP) is 2.81. The first-order valence-electron chi connectivity index (χ1n) is 7.86. The van der Waals surface area contributed by atoms with E-state index in [-0.39, 0.29) is 29.5 Å². The van der Waals surface area contributed by atoms with E-state index in [9.17, 15) is 14.4 Å². The van der Waals surface area contributed by atoms with Crippen molar-refractivity contribution in [3.63, 3.8) is 0 Å². The number of hydrazine groups is 1. The Labute approximate surface area is 160 Å². The fourth-order valence-corrected chi connectivity index (χ4v) is 3.20. The van der Waals surface area contributed by atoms with Crippen LogP contribution in [-0.2, 0) is 9.59 Å². The number of rotatable bonds is 3. The number of nitrogens with one attached hydrogen (secondary N) is 2. The maximum atomic E-state index is 12.3. The van der Waals surface area contributed by atoms with Gasteiger partial charge in [-0.15, -0.1) is 0 Å². The standard InChI is InChI=1S/C18H15Cl2N3O3/c19-12-6-7-14(15(20)9-12)18(26)22-21-17(25)11-8-16(24)23(10-11)13-4-2-1-3-5-13/h1-7,9,11H,8,10H2,(H,21,25)(H,22,26)/t11-/m1/s1. The van der Waals surface area contributed by atoms with Crippen molar-refractivity contribution in [2.75, 3.05) is 11.4 Å². The molecule has 0 saturated carbocycles. The fourth-order valence-electron chi connectivity index (χ4n) is 2.70. The maximum Gasteiger partial charge on any atom is 0.271 e. The van der Waals surface area contributed by atoms with Gasteiger partial charge in [-0.05, 0) is 30.3 Å². The van der Waals surface area contributed by atoms with E-state index in [2.05, 4.69) is 10.9 Å². The number of hydrogen-bond donors (Lipinski definition) is 2. The Balaban J connectivity index is 1.59. The van der Waals surface area contributed by atoms with Crippen LogP contribution in [0.5, 0.6) is 0 Å². The molecule has 3 rings (SSSR count). The van der Waals surface area contributed by atoms with Crippen molar-refractivity contribution in [1.82, 2.24) is 10.9 Å². The molecule has 2 aromatic rings. The van der Waals surface area contributed by atoms with Gasteiger partial charge in [-0.2, -0.15) is 0 Å². The zero-order valence-corrected chi connectivity index (χ0v) is 15.1. The average Bonchev–Trinajstić information content (AvgIpc) is 3.02. The topological polar surface area (TPSA) is 78.5 Å². The highest BCUT2D eigenvalue weighted by molar-refractivity contribution is 6.36. The van der Waals surface area contributed by atoms with Crippen LogP contribution < -0.4 is 15.8 Å². The van der Waals surface area contributed by atoms with Gasteiger partial charge in [0.25, 0.3) is 5.91 Å². The molecule has 0 aromatic heterocycles. The molecule has 1 heterocycles. The van der Waals surface area contributed by atoms with Gasteiger partial charge in [0.2, 0.25) is 11.8 Å². The molecule has 8 heteroatoms. The second-order valence-corrected chi connectivity index (χ2v) is 6.65. The number of anilines is 1. The number of para-hydroxylation sites is 1. The lowest BCUT2D eigenvalue weighted by Gasteiger charge is -2.16. The lowest BCUT2D eigenvalue weighted by atomic mass is 10.1. The fraction of sp³-hybridized carbons (Fsp3) is 0.167. The van der Waals surface area contributed by atoms with E-state index in [1.54, 1.807) is 4.90 Å². The smallest absolute Gasteiger partial charge is 0.271 e. The highest BCUT2D eigenvalue weighted by Crippen LogP contribution is 2.25. The monoisotopic (exact) mass is 391 g/mol. The molecular formula is C18H15Cl2N3O3. The summed E-state index contributed by atoms with van der Waals surface area (Å²) in [4.78, 5) is 38.1. The van der Waals surface area contributed by atoms with Crippen LogP contribution in [-0.4, -0.2) is 24.3 Å². The van der Waals surface area contributed by atoms with Crippen LogP contribution in [0.2, 0.25) is 10.0 Å². The summed E-state index contributed by atoms with van der Waals surface area (Å²) in [6, 6.07) is 13.5. The zero-order valence-electron chi connectivity index (χ0n) is 13.5. The number of halogens is 2. The number of nitrogens with zero attached hydrogens (tertiary/aromatic N) is 1. The van der Waals surface area contributed by atoms with E-state index in [1.165, 1.54) is 18.2 Å². The van der Waals surface area contributed by atoms with E-state index in [0.717, 1.165) is 5.69 Å². The average molecular weight is 392 g/mol. The summed E-state index contributed by atoms with van der Waals surface area (Å²) in [6.45, 7) is 0.256. The van der Waals surface area contributed by atoms with Crippen LogP contribution in [0, 0.1) is 5.92 Å². The molecule has 1 aliphatic heterocycles. The van der Waals surface area contributed by atoms with Crippen molar-refractivity contribution in [3.8, 4) is 0 Å². The molecule has 0 spiro atoms. The van der Waals surface area contributed by atoms with Gasteiger partial charge in [-0.25, -0.2) is 0 Å². The van der Waals surface area contributed by atoms with Crippen LogP contribution in [0.15, 0.2) is 48.5 Å². The Hall–Kier alpha value is -2.57. The van der Waals surface area contributed by atoms with Gasteiger partial charge in [0.1, 0.15) is 0 Å². The SMILES string of the molecule is O=C(NNC(=O)[C@@H]1CC(=O)N(c2ccccc2)C1)c1ccc(Cl)cc1Cl. The molecule has 0 bridgehead atoms. The normalized spacial score (nSPS) is 16.5. The van der Waals surface area contributed by atoms with Crippen molar-refractivity contribution in [2.45, 2.75) is 6.42 Å². The van der Waals surface area contributed by atoms with Gasteiger partial charge >= 0.3 is 0 Å². The van der Waals surface area contributed by atoms with E-state index < -0.39 is 17.7 Å². The lowest BCUT2D eigenvalue weighted by Crippen LogP contribution is -2.45. The third-order valence-corrected chi connectivity index (χ3v) is 4.59. The highest BCUT2D eigenvalue weighted by atomic mass is 35.5. The molecule has 26 heavy (non-hydrogen) atoms. The minimum atomic E-state index is -0.566. The van der Waals surface area contributed by atoms with E-state index in [0.29, 0.717) is 5.02 Å². The number of benzene rings is 2. The Morgan fingerprint density at radius 2 is 1.77 bits per heavy atom. The first-order valence-corrected chi connectivity index (χ1v) is 8.62. The molecule has 1 fully saturated rings. The minimum Gasteiger partial charge on any atom is -0.312 e. The van der Waals surface area contributed by atoms with Crippen molar-refractivity contribution in [2.24, 2.45) is 5.92 Å². The Bertz CT molecular complexity index is 858. The maximum absolute atomic E-state index is 12.3. The molecule has 134 valence electrons. The Kier molecular flexibility index (Phi) is 5.44. The molecular weight excluding hydrogens is 377 g/mol. The summed E-state index contributed by atoms with van der Waals surface area (Å²) in [7, 11) is 0. The molecule has 0 unspecified atom stereocenters. The molecule has 2 aromatic carbocycles. The first kappa shape index (κ1) is 18.2. The van der Waals surface area contributed by atoms with Crippen LogP contribution in [0.3, 0.4) is 0 Å². The summed E-state index contributed by atoms with van der Waals surface area (Å²) in [5.74, 6) is -1.69. The Morgan fingerprint density at radius 3 is 2.46 bits per heavy atom. The highest BCUT2D eigenvalue weighted by Gasteiger charge is 2.35. The van der Waals surface area contributed by atoms with Crippen molar-refractivity contribution in [3.05, 3.63) is 64.1 Å². The molecule has 3 amide bonds. The first-order chi connectivity index (χ1) is 12.5. The molecule has 0 aliphatic carbocycles. The number of carbonyl (C=O) groups excluding carboxylic acids is 3. The van der Waals surface area contributed by atoms with Gasteiger partial charge in [0.15, 0.2) is 0 Å². The quantitative estimate of drug-likeness (QED) is 0.789. The van der Waals surface area contributed by atoms with Crippen LogP contribution in [0.1, 0.15) is 16.8 Å². The van der Waals surface area contributed by atoms with E-state index in [1.807, 2.05) is 30.3 Å². The summed E-state index contributed by atoms with van der Waals surface area (Å²) in [6.07, 6.45) is 0.0816. The summed E-state index contributed by atoms with van der Waals surface area (Å²) < 4.78 is 0. The molecule has 2 N–H and O–H groups in total. The second kappa shape index (κ2) is 7.76. The zero-order chi connectivity index (χ0) is 18.7. The molecule has 1 saturated heterocycles. The van der Waals surface area contributed by atoms with Gasteiger partial charge in [0, 0.05) is 23.7 Å². The summed E-state index contributed by atoms with van der Waals surface area (Å²) in [5, 5.41) is 0.580. The molecule has 6 nitrogen and oxygen atoms in total.